The van der Waals surface area contributed by atoms with Crippen LogP contribution in [0.25, 0.3) is 0 Å². The molecular formula is C27H37N3O4S. The third-order valence-corrected chi connectivity index (χ3v) is 8.04. The van der Waals surface area contributed by atoms with Gasteiger partial charge >= 0.3 is 0 Å². The molecule has 35 heavy (non-hydrogen) atoms. The van der Waals surface area contributed by atoms with E-state index in [-0.39, 0.29) is 11.4 Å². The molecule has 0 aromatic heterocycles. The lowest BCUT2D eigenvalue weighted by molar-refractivity contribution is -0.119. The predicted octanol–water partition coefficient (Wildman–Crippen LogP) is 5.67. The molecule has 3 rings (SSSR count). The predicted molar refractivity (Wildman–Crippen MR) is 140 cm³/mol. The van der Waals surface area contributed by atoms with Crippen molar-refractivity contribution in [3.8, 4) is 5.75 Å². The third kappa shape index (κ3) is 8.38. The standard InChI is InChI=1S/C27H37N3O4S/c1-34-25-20-18-24(19-21-25)30(35(32,33)26-16-12-9-13-17-26)22-27(31)29-28-23-14-10-7-5-3-2-4-6-8-11-15-23/h9,12-13,16-21H,2-8,10-11,14-15,22H2,1H3,(H,29,31). The van der Waals surface area contributed by atoms with Gasteiger partial charge in [-0.2, -0.15) is 5.10 Å². The van der Waals surface area contributed by atoms with Crippen LogP contribution in [0.3, 0.4) is 0 Å². The normalized spacial score (nSPS) is 15.9. The number of amides is 1. The van der Waals surface area contributed by atoms with Crippen molar-refractivity contribution in [2.75, 3.05) is 18.0 Å². The first kappa shape index (κ1) is 26.7. The largest absolute Gasteiger partial charge is 0.497 e. The van der Waals surface area contributed by atoms with Gasteiger partial charge in [-0.1, -0.05) is 63.1 Å². The van der Waals surface area contributed by atoms with Crippen molar-refractivity contribution in [1.29, 1.82) is 0 Å². The van der Waals surface area contributed by atoms with Gasteiger partial charge in [0.1, 0.15) is 12.3 Å². The molecule has 1 N–H and O–H groups in total. The number of methoxy groups -OCH3 is 1. The summed E-state index contributed by atoms with van der Waals surface area (Å²) >= 11 is 0. The minimum Gasteiger partial charge on any atom is -0.497 e. The quantitative estimate of drug-likeness (QED) is 0.497. The summed E-state index contributed by atoms with van der Waals surface area (Å²) in [5, 5.41) is 4.42. The number of hydrogen-bond acceptors (Lipinski definition) is 5. The summed E-state index contributed by atoms with van der Waals surface area (Å²) in [6, 6.07) is 14.7. The van der Waals surface area contributed by atoms with Crippen molar-refractivity contribution in [3.05, 3.63) is 54.6 Å². The number of anilines is 1. The minimum atomic E-state index is -3.96. The van der Waals surface area contributed by atoms with Gasteiger partial charge in [0.25, 0.3) is 15.9 Å². The van der Waals surface area contributed by atoms with Crippen molar-refractivity contribution in [2.24, 2.45) is 5.10 Å². The van der Waals surface area contributed by atoms with E-state index in [4.69, 9.17) is 4.74 Å². The molecule has 0 aliphatic heterocycles. The van der Waals surface area contributed by atoms with Gasteiger partial charge in [-0.3, -0.25) is 9.10 Å². The fourth-order valence-corrected chi connectivity index (χ4v) is 5.66. The second kappa shape index (κ2) is 13.9. The van der Waals surface area contributed by atoms with Gasteiger partial charge in [0, 0.05) is 5.71 Å². The maximum Gasteiger partial charge on any atom is 0.264 e. The SMILES string of the molecule is COc1ccc(N(CC(=O)NN=C2CCCCCCCCCCC2)S(=O)(=O)c2ccccc2)cc1. The van der Waals surface area contributed by atoms with E-state index in [1.54, 1.807) is 49.6 Å². The first-order valence-electron chi connectivity index (χ1n) is 12.6. The van der Waals surface area contributed by atoms with Crippen LogP contribution in [0.15, 0.2) is 64.6 Å². The first-order valence-corrected chi connectivity index (χ1v) is 14.0. The molecule has 2 aromatic rings. The third-order valence-electron chi connectivity index (χ3n) is 6.25. The summed E-state index contributed by atoms with van der Waals surface area (Å²) in [6.07, 6.45) is 12.6. The molecule has 0 atom stereocenters. The zero-order valence-corrected chi connectivity index (χ0v) is 21.4. The number of hydrogen-bond donors (Lipinski definition) is 1. The monoisotopic (exact) mass is 499 g/mol. The highest BCUT2D eigenvalue weighted by Gasteiger charge is 2.27. The van der Waals surface area contributed by atoms with Crippen LogP contribution < -0.4 is 14.5 Å². The molecule has 2 aromatic carbocycles. The van der Waals surface area contributed by atoms with E-state index in [9.17, 15) is 13.2 Å². The van der Waals surface area contributed by atoms with Gasteiger partial charge in [0.2, 0.25) is 0 Å². The van der Waals surface area contributed by atoms with Crippen molar-refractivity contribution in [3.63, 3.8) is 0 Å². The van der Waals surface area contributed by atoms with E-state index in [0.717, 1.165) is 35.7 Å². The zero-order valence-electron chi connectivity index (χ0n) is 20.6. The summed E-state index contributed by atoms with van der Waals surface area (Å²) in [4.78, 5) is 13.0. The Hall–Kier alpha value is -2.87. The number of carbonyl (C=O) groups excluding carboxylic acids is 1. The summed E-state index contributed by atoms with van der Waals surface area (Å²) < 4.78 is 33.1. The van der Waals surface area contributed by atoms with Crippen LogP contribution in [0.2, 0.25) is 0 Å². The lowest BCUT2D eigenvalue weighted by Gasteiger charge is -2.24. The van der Waals surface area contributed by atoms with Crippen LogP contribution in [0.5, 0.6) is 5.75 Å². The number of ether oxygens (including phenoxy) is 1. The van der Waals surface area contributed by atoms with Crippen molar-refractivity contribution < 1.29 is 17.9 Å². The maximum atomic E-state index is 13.4. The summed E-state index contributed by atoms with van der Waals surface area (Å²) in [5.74, 6) is 0.128. The smallest absolute Gasteiger partial charge is 0.264 e. The molecule has 7 nitrogen and oxygen atoms in total. The lowest BCUT2D eigenvalue weighted by atomic mass is 10.00. The zero-order chi connectivity index (χ0) is 24.9. The van der Waals surface area contributed by atoms with Crippen molar-refractivity contribution in [1.82, 2.24) is 5.43 Å². The van der Waals surface area contributed by atoms with Gasteiger partial charge < -0.3 is 4.74 Å². The molecular weight excluding hydrogens is 462 g/mol. The van der Waals surface area contributed by atoms with Gasteiger partial charge in [-0.05, 0) is 62.1 Å². The Bertz CT molecular complexity index is 1040. The summed E-state index contributed by atoms with van der Waals surface area (Å²) in [6.45, 7) is -0.375. The Morgan fingerprint density at radius 3 is 1.94 bits per heavy atom. The Morgan fingerprint density at radius 2 is 1.40 bits per heavy atom. The average molecular weight is 500 g/mol. The van der Waals surface area contributed by atoms with Crippen LogP contribution in [0, 0.1) is 0 Å². The Morgan fingerprint density at radius 1 is 0.857 bits per heavy atom. The Kier molecular flexibility index (Phi) is 10.6. The average Bonchev–Trinajstić information content (AvgIpc) is 2.87. The molecule has 0 saturated heterocycles. The van der Waals surface area contributed by atoms with Crippen LogP contribution in [-0.4, -0.2) is 33.7 Å². The number of sulfonamides is 1. The number of benzene rings is 2. The van der Waals surface area contributed by atoms with Crippen LogP contribution in [0.1, 0.15) is 70.6 Å². The lowest BCUT2D eigenvalue weighted by Crippen LogP contribution is -2.39. The Labute approximate surface area is 209 Å². The minimum absolute atomic E-state index is 0.120. The topological polar surface area (TPSA) is 88.1 Å². The highest BCUT2D eigenvalue weighted by Crippen LogP contribution is 2.25. The first-order chi connectivity index (χ1) is 17.0. The van der Waals surface area contributed by atoms with Gasteiger partial charge in [-0.15, -0.1) is 0 Å². The van der Waals surface area contributed by atoms with Gasteiger partial charge in [-0.25, -0.2) is 13.8 Å². The molecule has 190 valence electrons. The highest BCUT2D eigenvalue weighted by atomic mass is 32.2. The Balaban J connectivity index is 1.75. The molecule has 0 radical (unpaired) electrons. The van der Waals surface area contributed by atoms with Crippen molar-refractivity contribution >= 4 is 27.3 Å². The van der Waals surface area contributed by atoms with E-state index in [0.29, 0.717) is 11.4 Å². The molecule has 0 heterocycles. The molecule has 1 fully saturated rings. The molecule has 1 amide bonds. The van der Waals surface area contributed by atoms with E-state index in [1.165, 1.54) is 57.1 Å². The van der Waals surface area contributed by atoms with Crippen molar-refractivity contribution in [2.45, 2.75) is 75.5 Å². The van der Waals surface area contributed by atoms with E-state index < -0.39 is 15.9 Å². The summed E-state index contributed by atoms with van der Waals surface area (Å²) in [7, 11) is -2.41. The fraction of sp³-hybridized carbons (Fsp3) is 0.481. The van der Waals surface area contributed by atoms with Gasteiger partial charge in [0.05, 0.1) is 17.7 Å². The number of carbonyl (C=O) groups is 1. The second-order valence-electron chi connectivity index (χ2n) is 8.92. The number of rotatable bonds is 7. The van der Waals surface area contributed by atoms with E-state index in [1.807, 2.05) is 0 Å². The van der Waals surface area contributed by atoms with Crippen LogP contribution in [-0.2, 0) is 14.8 Å². The fourth-order valence-electron chi connectivity index (χ4n) is 4.22. The molecule has 0 unspecified atom stereocenters. The number of hydrazone groups is 1. The molecule has 8 heteroatoms. The van der Waals surface area contributed by atoms with E-state index in [2.05, 4.69) is 10.5 Å². The number of nitrogens with one attached hydrogen (secondary N) is 1. The molecule has 1 saturated carbocycles. The molecule has 0 bridgehead atoms. The second-order valence-corrected chi connectivity index (χ2v) is 10.8. The maximum absolute atomic E-state index is 13.4. The van der Waals surface area contributed by atoms with E-state index >= 15 is 0 Å². The molecule has 0 spiro atoms. The highest BCUT2D eigenvalue weighted by molar-refractivity contribution is 7.92. The molecule has 1 aliphatic rings. The summed E-state index contributed by atoms with van der Waals surface area (Å²) in [5.41, 5.74) is 3.99. The molecule has 1 aliphatic carbocycles. The number of nitrogens with zero attached hydrogens (tertiary/aromatic N) is 2. The van der Waals surface area contributed by atoms with Crippen LogP contribution >= 0.6 is 0 Å². The van der Waals surface area contributed by atoms with Gasteiger partial charge in [0.15, 0.2) is 0 Å². The van der Waals surface area contributed by atoms with Crippen LogP contribution in [0.4, 0.5) is 5.69 Å².